The molecule has 0 radical (unpaired) electrons. The minimum Gasteiger partial charge on any atom is -0.481 e. The van der Waals surface area contributed by atoms with Crippen molar-refractivity contribution in [3.05, 3.63) is 0 Å². The van der Waals surface area contributed by atoms with Crippen LogP contribution >= 0.6 is 0 Å². The molecule has 0 aliphatic carbocycles. The van der Waals surface area contributed by atoms with Crippen molar-refractivity contribution in [1.82, 2.24) is 4.90 Å². The number of rotatable bonds is 9. The molecule has 0 aliphatic rings. The van der Waals surface area contributed by atoms with Crippen LogP contribution in [0.4, 0.5) is 0 Å². The van der Waals surface area contributed by atoms with Crippen molar-refractivity contribution >= 4 is 5.97 Å². The molecule has 4 heteroatoms. The van der Waals surface area contributed by atoms with Gasteiger partial charge in [-0.2, -0.15) is 0 Å². The highest BCUT2D eigenvalue weighted by molar-refractivity contribution is 5.66. The van der Waals surface area contributed by atoms with Crippen LogP contribution in [0.25, 0.3) is 0 Å². The van der Waals surface area contributed by atoms with Crippen LogP contribution in [0.2, 0.25) is 0 Å². The summed E-state index contributed by atoms with van der Waals surface area (Å²) in [6, 6.07) is 0.370. The van der Waals surface area contributed by atoms with Gasteiger partial charge in [0.15, 0.2) is 0 Å². The van der Waals surface area contributed by atoms with Crippen LogP contribution in [-0.4, -0.2) is 48.3 Å². The van der Waals surface area contributed by atoms with Crippen LogP contribution in [0.1, 0.15) is 33.6 Å². The minimum atomic E-state index is -0.741. The Balaban J connectivity index is 3.68. The Bertz CT molecular complexity index is 171. The fourth-order valence-electron chi connectivity index (χ4n) is 1.30. The van der Waals surface area contributed by atoms with Crippen molar-refractivity contribution in [1.29, 1.82) is 0 Å². The Hall–Kier alpha value is -0.610. The summed E-state index contributed by atoms with van der Waals surface area (Å²) in [5.41, 5.74) is 0. The Labute approximate surface area is 92.2 Å². The van der Waals surface area contributed by atoms with Crippen LogP contribution < -0.4 is 0 Å². The zero-order chi connectivity index (χ0) is 11.7. The highest BCUT2D eigenvalue weighted by atomic mass is 16.5. The van der Waals surface area contributed by atoms with Crippen molar-refractivity contribution < 1.29 is 14.6 Å². The molecule has 0 aliphatic heterocycles. The van der Waals surface area contributed by atoms with E-state index >= 15 is 0 Å². The normalized spacial score (nSPS) is 11.3. The van der Waals surface area contributed by atoms with Crippen LogP contribution in [0.15, 0.2) is 0 Å². The lowest BCUT2D eigenvalue weighted by molar-refractivity contribution is -0.137. The number of carboxylic acids is 1. The van der Waals surface area contributed by atoms with Crippen LogP contribution in [0, 0.1) is 0 Å². The molecule has 15 heavy (non-hydrogen) atoms. The number of ether oxygens (including phenoxy) is 1. The zero-order valence-corrected chi connectivity index (χ0v) is 10.0. The first kappa shape index (κ1) is 14.4. The maximum absolute atomic E-state index is 10.4. The molecule has 0 rings (SSSR count). The van der Waals surface area contributed by atoms with Gasteiger partial charge < -0.3 is 9.84 Å². The highest BCUT2D eigenvalue weighted by Crippen LogP contribution is 1.99. The van der Waals surface area contributed by atoms with E-state index in [2.05, 4.69) is 25.7 Å². The molecule has 0 aromatic rings. The average molecular weight is 217 g/mol. The van der Waals surface area contributed by atoms with E-state index in [0.717, 1.165) is 19.6 Å². The van der Waals surface area contributed by atoms with Crippen LogP contribution in [0.5, 0.6) is 0 Å². The molecular weight excluding hydrogens is 194 g/mol. The van der Waals surface area contributed by atoms with Gasteiger partial charge in [-0.25, -0.2) is 0 Å². The van der Waals surface area contributed by atoms with Gasteiger partial charge in [0.05, 0.1) is 13.0 Å². The largest absolute Gasteiger partial charge is 0.481 e. The minimum absolute atomic E-state index is 0.200. The van der Waals surface area contributed by atoms with Gasteiger partial charge in [-0.3, -0.25) is 9.69 Å². The van der Waals surface area contributed by atoms with E-state index in [1.54, 1.807) is 0 Å². The quantitative estimate of drug-likeness (QED) is 0.596. The van der Waals surface area contributed by atoms with Gasteiger partial charge >= 0.3 is 5.97 Å². The average Bonchev–Trinajstić information content (AvgIpc) is 2.15. The molecule has 0 amide bonds. The second-order valence-corrected chi connectivity index (χ2v) is 3.89. The molecule has 0 aromatic heterocycles. The van der Waals surface area contributed by atoms with Gasteiger partial charge in [0.25, 0.3) is 0 Å². The zero-order valence-electron chi connectivity index (χ0n) is 10.0. The molecule has 1 N–H and O–H groups in total. The van der Waals surface area contributed by atoms with E-state index in [1.807, 2.05) is 0 Å². The summed E-state index contributed by atoms with van der Waals surface area (Å²) in [6.45, 7) is 9.10. The maximum Gasteiger partial charge on any atom is 0.304 e. The predicted molar refractivity (Wildman–Crippen MR) is 60.1 cm³/mol. The summed E-state index contributed by atoms with van der Waals surface area (Å²) in [7, 11) is 0. The standard InChI is InChI=1S/C11H23NO3/c1-4-8-15-9-7-12(10(2)3)6-5-11(13)14/h10H,4-9H2,1-3H3,(H,13,14). The molecule has 0 saturated heterocycles. The molecule has 90 valence electrons. The maximum atomic E-state index is 10.4. The van der Waals surface area contributed by atoms with E-state index in [4.69, 9.17) is 9.84 Å². The molecule has 0 bridgehead atoms. The summed E-state index contributed by atoms with van der Waals surface area (Å²) >= 11 is 0. The van der Waals surface area contributed by atoms with Gasteiger partial charge in [-0.15, -0.1) is 0 Å². The third kappa shape index (κ3) is 8.39. The molecule has 0 saturated carbocycles. The van der Waals surface area contributed by atoms with Crippen molar-refractivity contribution in [3.8, 4) is 0 Å². The number of carbonyl (C=O) groups is 1. The van der Waals surface area contributed by atoms with Gasteiger partial charge in [0.2, 0.25) is 0 Å². The second-order valence-electron chi connectivity index (χ2n) is 3.89. The molecule has 4 nitrogen and oxygen atoms in total. The first-order valence-corrected chi connectivity index (χ1v) is 5.61. The summed E-state index contributed by atoms with van der Waals surface area (Å²) in [4.78, 5) is 12.6. The van der Waals surface area contributed by atoms with Gasteiger partial charge in [0.1, 0.15) is 0 Å². The molecule has 0 spiro atoms. The second kappa shape index (κ2) is 8.68. The van der Waals surface area contributed by atoms with E-state index < -0.39 is 5.97 Å². The van der Waals surface area contributed by atoms with Gasteiger partial charge in [-0.1, -0.05) is 6.92 Å². The first-order valence-electron chi connectivity index (χ1n) is 5.61. The number of hydrogen-bond acceptors (Lipinski definition) is 3. The molecule has 0 heterocycles. The van der Waals surface area contributed by atoms with Crippen molar-refractivity contribution in [2.24, 2.45) is 0 Å². The number of hydrogen-bond donors (Lipinski definition) is 1. The Morgan fingerprint density at radius 3 is 2.47 bits per heavy atom. The van der Waals surface area contributed by atoms with E-state index in [0.29, 0.717) is 19.2 Å². The van der Waals surface area contributed by atoms with Crippen LogP contribution in [-0.2, 0) is 9.53 Å². The van der Waals surface area contributed by atoms with E-state index in [1.165, 1.54) is 0 Å². The van der Waals surface area contributed by atoms with Gasteiger partial charge in [0, 0.05) is 25.7 Å². The van der Waals surface area contributed by atoms with Crippen molar-refractivity contribution in [3.63, 3.8) is 0 Å². The summed E-state index contributed by atoms with van der Waals surface area (Å²) in [6.07, 6.45) is 1.22. The monoisotopic (exact) mass is 217 g/mol. The highest BCUT2D eigenvalue weighted by Gasteiger charge is 2.10. The van der Waals surface area contributed by atoms with E-state index in [9.17, 15) is 4.79 Å². The topological polar surface area (TPSA) is 49.8 Å². The molecule has 0 aromatic carbocycles. The lowest BCUT2D eigenvalue weighted by Crippen LogP contribution is -2.35. The number of nitrogens with zero attached hydrogens (tertiary/aromatic N) is 1. The lowest BCUT2D eigenvalue weighted by Gasteiger charge is -2.25. The first-order chi connectivity index (χ1) is 7.07. The van der Waals surface area contributed by atoms with Crippen molar-refractivity contribution in [2.45, 2.75) is 39.7 Å². The Morgan fingerprint density at radius 1 is 1.33 bits per heavy atom. The fraction of sp³-hybridized carbons (Fsp3) is 0.909. The number of carboxylic acid groups (broad SMARTS) is 1. The number of aliphatic carboxylic acids is 1. The predicted octanol–water partition coefficient (Wildman–Crippen LogP) is 1.60. The van der Waals surface area contributed by atoms with Crippen molar-refractivity contribution in [2.75, 3.05) is 26.3 Å². The molecule has 0 unspecified atom stereocenters. The molecule has 0 atom stereocenters. The molecular formula is C11H23NO3. The Morgan fingerprint density at radius 2 is 2.00 bits per heavy atom. The van der Waals surface area contributed by atoms with Crippen LogP contribution in [0.3, 0.4) is 0 Å². The van der Waals surface area contributed by atoms with E-state index in [-0.39, 0.29) is 6.42 Å². The van der Waals surface area contributed by atoms with Gasteiger partial charge in [-0.05, 0) is 20.3 Å². The fourth-order valence-corrected chi connectivity index (χ4v) is 1.30. The Kier molecular flexibility index (Phi) is 8.33. The smallest absolute Gasteiger partial charge is 0.304 e. The third-order valence-corrected chi connectivity index (χ3v) is 2.21. The summed E-state index contributed by atoms with van der Waals surface area (Å²) in [5, 5.41) is 8.60. The molecule has 0 fully saturated rings. The lowest BCUT2D eigenvalue weighted by atomic mass is 10.3. The third-order valence-electron chi connectivity index (χ3n) is 2.21. The SMILES string of the molecule is CCCOCCN(CCC(=O)O)C(C)C. The summed E-state index contributed by atoms with van der Waals surface area (Å²) in [5.74, 6) is -0.741. The summed E-state index contributed by atoms with van der Waals surface area (Å²) < 4.78 is 5.38.